The molecule has 2 N–H and O–H groups in total. The van der Waals surface area contributed by atoms with Crippen LogP contribution in [0.1, 0.15) is 26.2 Å². The van der Waals surface area contributed by atoms with Crippen LogP contribution in [-0.2, 0) is 0 Å². The van der Waals surface area contributed by atoms with Gasteiger partial charge < -0.3 is 15.5 Å². The van der Waals surface area contributed by atoms with E-state index in [0.717, 1.165) is 23.4 Å². The van der Waals surface area contributed by atoms with Gasteiger partial charge in [0.1, 0.15) is 0 Å². The van der Waals surface area contributed by atoms with Crippen molar-refractivity contribution in [2.75, 3.05) is 31.5 Å². The van der Waals surface area contributed by atoms with Gasteiger partial charge in [0.2, 0.25) is 0 Å². The molecule has 1 aromatic carbocycles. The molecule has 0 atom stereocenters. The molecule has 4 nitrogen and oxygen atoms in total. The highest BCUT2D eigenvalue weighted by Gasteiger charge is 2.14. The van der Waals surface area contributed by atoms with Crippen molar-refractivity contribution in [2.24, 2.45) is 5.92 Å². The molecule has 0 radical (unpaired) electrons. The zero-order valence-corrected chi connectivity index (χ0v) is 15.2. The van der Waals surface area contributed by atoms with Crippen molar-refractivity contribution in [1.29, 1.82) is 0 Å². The molecule has 0 aromatic heterocycles. The van der Waals surface area contributed by atoms with Gasteiger partial charge in [0.15, 0.2) is 0 Å². The lowest BCUT2D eigenvalue weighted by Gasteiger charge is -2.30. The second kappa shape index (κ2) is 8.75. The maximum Gasteiger partial charge on any atom is 0.319 e. The predicted molar refractivity (Wildman–Crippen MR) is 95.6 cm³/mol. The number of rotatable bonds is 5. The molecule has 1 aromatic rings. The quantitative estimate of drug-likeness (QED) is 0.737. The number of amides is 2. The lowest BCUT2D eigenvalue weighted by molar-refractivity contribution is 0.190. The summed E-state index contributed by atoms with van der Waals surface area (Å²) in [4.78, 5) is 14.3. The Bertz CT molecular complexity index is 504. The van der Waals surface area contributed by atoms with E-state index in [1.807, 2.05) is 6.07 Å². The largest absolute Gasteiger partial charge is 0.338 e. The molecule has 0 saturated carbocycles. The molecule has 1 aliphatic heterocycles. The maximum absolute atomic E-state index is 11.8. The van der Waals surface area contributed by atoms with Crippen molar-refractivity contribution in [1.82, 2.24) is 10.2 Å². The number of carbonyl (C=O) groups excluding carboxylic acids is 1. The van der Waals surface area contributed by atoms with Crippen LogP contribution in [0.25, 0.3) is 0 Å². The molecule has 1 saturated heterocycles. The summed E-state index contributed by atoms with van der Waals surface area (Å²) in [7, 11) is 0. The smallest absolute Gasteiger partial charge is 0.319 e. The second-order valence-corrected chi connectivity index (χ2v) is 7.21. The number of hydrogen-bond acceptors (Lipinski definition) is 2. The van der Waals surface area contributed by atoms with E-state index in [0.29, 0.717) is 17.3 Å². The maximum atomic E-state index is 11.8. The molecule has 22 heavy (non-hydrogen) atoms. The predicted octanol–water partition coefficient (Wildman–Crippen LogP) is 4.35. The van der Waals surface area contributed by atoms with Gasteiger partial charge in [-0.05, 0) is 63.0 Å². The van der Waals surface area contributed by atoms with Gasteiger partial charge in [0.25, 0.3) is 0 Å². The molecule has 2 rings (SSSR count). The Morgan fingerprint density at radius 1 is 1.41 bits per heavy atom. The Morgan fingerprint density at radius 3 is 2.82 bits per heavy atom. The summed E-state index contributed by atoms with van der Waals surface area (Å²) in [6, 6.07) is 5.17. The van der Waals surface area contributed by atoms with Gasteiger partial charge in [-0.2, -0.15) is 0 Å². The molecular formula is C16H23BrClN3O. The summed E-state index contributed by atoms with van der Waals surface area (Å²) in [6.45, 7) is 6.40. The lowest BCUT2D eigenvalue weighted by atomic mass is 9.99. The van der Waals surface area contributed by atoms with Crippen LogP contribution in [-0.4, -0.2) is 37.1 Å². The summed E-state index contributed by atoms with van der Waals surface area (Å²) in [6.07, 6.45) is 3.54. The number of anilines is 1. The third-order valence-corrected chi connectivity index (χ3v) is 4.80. The number of nitrogens with one attached hydrogen (secondary N) is 2. The number of halogens is 2. The van der Waals surface area contributed by atoms with Crippen LogP contribution in [0.3, 0.4) is 0 Å². The molecule has 1 fully saturated rings. The van der Waals surface area contributed by atoms with E-state index in [9.17, 15) is 4.79 Å². The van der Waals surface area contributed by atoms with Gasteiger partial charge in [-0.1, -0.05) is 34.5 Å². The van der Waals surface area contributed by atoms with Crippen LogP contribution >= 0.6 is 27.5 Å². The standard InChI is InChI=1S/C16H23BrClN3O/c1-12-5-9-21(10-6-12)8-2-7-19-16(22)20-15-4-3-13(17)11-14(15)18/h3-4,11-12H,2,5-10H2,1H3,(H2,19,20,22). The summed E-state index contributed by atoms with van der Waals surface area (Å²) in [5, 5.41) is 6.16. The zero-order chi connectivity index (χ0) is 15.9. The average Bonchev–Trinajstić information content (AvgIpc) is 2.48. The first-order valence-electron chi connectivity index (χ1n) is 7.77. The zero-order valence-electron chi connectivity index (χ0n) is 12.9. The number of piperidine rings is 1. The topological polar surface area (TPSA) is 44.4 Å². The minimum Gasteiger partial charge on any atom is -0.338 e. The van der Waals surface area contributed by atoms with Crippen LogP contribution in [0.5, 0.6) is 0 Å². The van der Waals surface area contributed by atoms with Gasteiger partial charge in [0, 0.05) is 11.0 Å². The molecule has 2 amide bonds. The number of likely N-dealkylation sites (tertiary alicyclic amines) is 1. The van der Waals surface area contributed by atoms with E-state index in [1.54, 1.807) is 12.1 Å². The van der Waals surface area contributed by atoms with Crippen molar-refractivity contribution in [3.63, 3.8) is 0 Å². The molecule has 122 valence electrons. The molecule has 1 heterocycles. The highest BCUT2D eigenvalue weighted by molar-refractivity contribution is 9.10. The van der Waals surface area contributed by atoms with E-state index in [2.05, 4.69) is 38.4 Å². The highest BCUT2D eigenvalue weighted by Crippen LogP contribution is 2.25. The van der Waals surface area contributed by atoms with Crippen molar-refractivity contribution < 1.29 is 4.79 Å². The first kappa shape index (κ1) is 17.6. The second-order valence-electron chi connectivity index (χ2n) is 5.88. The Labute approximate surface area is 145 Å². The molecule has 0 bridgehead atoms. The van der Waals surface area contributed by atoms with Crippen molar-refractivity contribution in [3.8, 4) is 0 Å². The number of urea groups is 1. The molecular weight excluding hydrogens is 366 g/mol. The third kappa shape index (κ3) is 5.78. The van der Waals surface area contributed by atoms with E-state index in [1.165, 1.54) is 25.9 Å². The van der Waals surface area contributed by atoms with Gasteiger partial charge in [-0.25, -0.2) is 4.79 Å². The summed E-state index contributed by atoms with van der Waals surface area (Å²) in [5.74, 6) is 0.857. The summed E-state index contributed by atoms with van der Waals surface area (Å²) >= 11 is 9.41. The minimum absolute atomic E-state index is 0.212. The van der Waals surface area contributed by atoms with Crippen molar-refractivity contribution in [3.05, 3.63) is 27.7 Å². The monoisotopic (exact) mass is 387 g/mol. The number of carbonyl (C=O) groups is 1. The SMILES string of the molecule is CC1CCN(CCCNC(=O)Nc2ccc(Br)cc2Cl)CC1. The Kier molecular flexibility index (Phi) is 6.99. The lowest BCUT2D eigenvalue weighted by Crippen LogP contribution is -2.36. The third-order valence-electron chi connectivity index (χ3n) is 3.99. The Balaban J connectivity index is 1.63. The van der Waals surface area contributed by atoms with Crippen LogP contribution in [0.4, 0.5) is 10.5 Å². The van der Waals surface area contributed by atoms with Gasteiger partial charge >= 0.3 is 6.03 Å². The van der Waals surface area contributed by atoms with Gasteiger partial charge in [0.05, 0.1) is 10.7 Å². The summed E-state index contributed by atoms with van der Waals surface area (Å²) < 4.78 is 0.888. The fourth-order valence-electron chi connectivity index (χ4n) is 2.55. The fraction of sp³-hybridized carbons (Fsp3) is 0.562. The first-order chi connectivity index (χ1) is 10.5. The molecule has 0 spiro atoms. The molecule has 1 aliphatic rings. The van der Waals surface area contributed by atoms with E-state index >= 15 is 0 Å². The average molecular weight is 389 g/mol. The van der Waals surface area contributed by atoms with Gasteiger partial charge in [-0.3, -0.25) is 0 Å². The van der Waals surface area contributed by atoms with E-state index in [4.69, 9.17) is 11.6 Å². The van der Waals surface area contributed by atoms with Gasteiger partial charge in [-0.15, -0.1) is 0 Å². The number of hydrogen-bond donors (Lipinski definition) is 2. The van der Waals surface area contributed by atoms with Crippen LogP contribution in [0, 0.1) is 5.92 Å². The Morgan fingerprint density at radius 2 is 2.14 bits per heavy atom. The molecule has 0 aliphatic carbocycles. The van der Waals surface area contributed by atoms with Crippen LogP contribution in [0.2, 0.25) is 5.02 Å². The Hall–Kier alpha value is -0.780. The molecule has 6 heteroatoms. The molecule has 0 unspecified atom stereocenters. The van der Waals surface area contributed by atoms with E-state index < -0.39 is 0 Å². The fourth-order valence-corrected chi connectivity index (χ4v) is 3.27. The number of nitrogens with zero attached hydrogens (tertiary/aromatic N) is 1. The van der Waals surface area contributed by atoms with E-state index in [-0.39, 0.29) is 6.03 Å². The van der Waals surface area contributed by atoms with Crippen molar-refractivity contribution >= 4 is 39.2 Å². The summed E-state index contributed by atoms with van der Waals surface area (Å²) in [5.41, 5.74) is 0.618. The van der Waals surface area contributed by atoms with Crippen LogP contribution < -0.4 is 10.6 Å². The number of benzene rings is 1. The highest BCUT2D eigenvalue weighted by atomic mass is 79.9. The first-order valence-corrected chi connectivity index (χ1v) is 8.94. The normalized spacial score (nSPS) is 16.5. The van der Waals surface area contributed by atoms with Crippen molar-refractivity contribution in [2.45, 2.75) is 26.2 Å². The van der Waals surface area contributed by atoms with Crippen LogP contribution in [0.15, 0.2) is 22.7 Å². The minimum atomic E-state index is -0.212.